The zero-order chi connectivity index (χ0) is 7.44. The fourth-order valence-electron chi connectivity index (χ4n) is 0.241. The first-order valence-corrected chi connectivity index (χ1v) is 2.94. The molecule has 0 rings (SSSR count). The molecule has 0 spiro atoms. The quantitative estimate of drug-likeness (QED) is 0.352. The van der Waals surface area contributed by atoms with E-state index in [9.17, 15) is 9.59 Å². The summed E-state index contributed by atoms with van der Waals surface area (Å²) in [6.45, 7) is 0. The fraction of sp³-hybridized carbons (Fsp3) is 0.500. The van der Waals surface area contributed by atoms with Gasteiger partial charge in [0, 0.05) is 16.7 Å². The van der Waals surface area contributed by atoms with E-state index in [2.05, 4.69) is 25.3 Å². The number of aliphatic hydroxyl groups excluding tert-OH is 1. The summed E-state index contributed by atoms with van der Waals surface area (Å²) in [6, 6.07) is 0. The molecule has 72 valence electrons. The topological polar surface area (TPSA) is 54.4 Å². The van der Waals surface area contributed by atoms with E-state index in [4.69, 9.17) is 5.11 Å². The monoisotopic (exact) mass is 558 g/mol. The maximum Gasteiger partial charge on any atom is 1.00 e. The van der Waals surface area contributed by atoms with Crippen molar-refractivity contribution in [2.45, 2.75) is 12.5 Å². The minimum atomic E-state index is -1.38. The molecule has 0 aliphatic carbocycles. The van der Waals surface area contributed by atoms with Crippen LogP contribution in [0.1, 0.15) is 6.42 Å². The molecule has 0 heterocycles. The SMILES string of the molecule is O=C([S-])CC(O)C(=O)[S-].[Au+].[Au+]. The first-order valence-electron chi connectivity index (χ1n) is 2.13. The van der Waals surface area contributed by atoms with Gasteiger partial charge in [0.1, 0.15) is 0 Å². The molecule has 7 heteroatoms. The molecule has 0 aromatic carbocycles. The molecule has 0 aliphatic heterocycles. The third kappa shape index (κ3) is 11.2. The van der Waals surface area contributed by atoms with E-state index in [1.165, 1.54) is 0 Å². The Bertz CT molecular complexity index is 141. The van der Waals surface area contributed by atoms with Crippen molar-refractivity contribution in [3.8, 4) is 0 Å². The summed E-state index contributed by atoms with van der Waals surface area (Å²) in [5, 5.41) is 7.06. The van der Waals surface area contributed by atoms with Crippen LogP contribution >= 0.6 is 0 Å². The van der Waals surface area contributed by atoms with Gasteiger partial charge >= 0.3 is 44.8 Å². The van der Waals surface area contributed by atoms with Crippen molar-refractivity contribution in [3.05, 3.63) is 0 Å². The Hall–Kier alpha value is 1.22. The first kappa shape index (κ1) is 18.1. The van der Waals surface area contributed by atoms with E-state index in [1.54, 1.807) is 0 Å². The number of carbonyl (C=O) groups is 2. The smallest absolute Gasteiger partial charge is 0.742 e. The third-order valence-corrected chi connectivity index (χ3v) is 1.07. The predicted molar refractivity (Wildman–Crippen MR) is 35.4 cm³/mol. The van der Waals surface area contributed by atoms with Gasteiger partial charge in [-0.25, -0.2) is 0 Å². The van der Waals surface area contributed by atoms with Gasteiger partial charge in [-0.3, -0.25) is 0 Å². The molecule has 0 saturated heterocycles. The van der Waals surface area contributed by atoms with Gasteiger partial charge in [0.15, 0.2) is 0 Å². The molecule has 0 radical (unpaired) electrons. The molecule has 3 nitrogen and oxygen atoms in total. The van der Waals surface area contributed by atoms with E-state index < -0.39 is 16.3 Å². The normalized spacial score (nSPS) is 10.3. The number of aliphatic hydroxyl groups is 1. The van der Waals surface area contributed by atoms with Crippen molar-refractivity contribution < 1.29 is 59.5 Å². The Morgan fingerprint density at radius 2 is 1.64 bits per heavy atom. The molecular weight excluding hydrogens is 554 g/mol. The molecule has 0 fully saturated rings. The van der Waals surface area contributed by atoms with Gasteiger partial charge in [0.2, 0.25) is 0 Å². The summed E-state index contributed by atoms with van der Waals surface area (Å²) in [5.74, 6) is 0. The molecule has 0 amide bonds. The fourth-order valence-corrected chi connectivity index (χ4v) is 0.482. The second kappa shape index (κ2) is 9.31. The standard InChI is InChI=1S/C4H6O3S2.2Au/c5-2(4(7)9)1-3(6)8;;/h2,5H,1H2,(H,6,8)(H,7,9);;/q;2*+1/p-2. The number of carbonyl (C=O) groups excluding carboxylic acids is 2. The summed E-state index contributed by atoms with van der Waals surface area (Å²) < 4.78 is 0. The van der Waals surface area contributed by atoms with E-state index in [0.29, 0.717) is 0 Å². The molecule has 1 N–H and O–H groups in total. The van der Waals surface area contributed by atoms with Crippen molar-refractivity contribution in [2.75, 3.05) is 0 Å². The molecule has 11 heavy (non-hydrogen) atoms. The van der Waals surface area contributed by atoms with Crippen molar-refractivity contribution in [1.29, 1.82) is 0 Å². The summed E-state index contributed by atoms with van der Waals surface area (Å²) in [4.78, 5) is 20.1. The molecule has 0 aromatic heterocycles. The van der Waals surface area contributed by atoms with Crippen LogP contribution in [-0.2, 0) is 79.6 Å². The Kier molecular flexibility index (Phi) is 15.3. The van der Waals surface area contributed by atoms with Crippen LogP contribution in [0.2, 0.25) is 0 Å². The Labute approximate surface area is 107 Å². The summed E-state index contributed by atoms with van der Waals surface area (Å²) in [7, 11) is 0. The van der Waals surface area contributed by atoms with Crippen LogP contribution in [0, 0.1) is 0 Å². The maximum absolute atomic E-state index is 10.0. The minimum Gasteiger partial charge on any atom is -0.742 e. The van der Waals surface area contributed by atoms with Crippen LogP contribution in [0.3, 0.4) is 0 Å². The van der Waals surface area contributed by atoms with Gasteiger partial charge in [-0.05, 0) is 0 Å². The molecule has 0 bridgehead atoms. The summed E-state index contributed by atoms with van der Waals surface area (Å²) >= 11 is 8.11. The Morgan fingerprint density at radius 1 is 1.27 bits per heavy atom. The zero-order valence-corrected chi connectivity index (χ0v) is 10.9. The molecule has 0 aromatic rings. The van der Waals surface area contributed by atoms with Gasteiger partial charge < -0.3 is 40.0 Å². The number of hydrogen-bond acceptors (Lipinski definition) is 5. The van der Waals surface area contributed by atoms with E-state index >= 15 is 0 Å². The Balaban J connectivity index is -0.000000320. The minimum absolute atomic E-state index is 0. The van der Waals surface area contributed by atoms with Gasteiger partial charge in [-0.1, -0.05) is 0 Å². The largest absolute Gasteiger partial charge is 1.00 e. The predicted octanol–water partition coefficient (Wildman–Crippen LogP) is -1.12. The average molecular weight is 558 g/mol. The van der Waals surface area contributed by atoms with E-state index in [1.807, 2.05) is 0 Å². The van der Waals surface area contributed by atoms with Crippen LogP contribution in [0.15, 0.2) is 0 Å². The molecule has 1 unspecified atom stereocenters. The van der Waals surface area contributed by atoms with Gasteiger partial charge in [0.05, 0.1) is 6.10 Å². The van der Waals surface area contributed by atoms with Crippen LogP contribution in [0.4, 0.5) is 0 Å². The molecule has 0 aliphatic rings. The van der Waals surface area contributed by atoms with Crippen LogP contribution in [0.5, 0.6) is 0 Å². The molecule has 0 saturated carbocycles. The number of hydrogen-bond donors (Lipinski definition) is 1. The van der Waals surface area contributed by atoms with E-state index in [-0.39, 0.29) is 51.2 Å². The van der Waals surface area contributed by atoms with Gasteiger partial charge in [0.25, 0.3) is 0 Å². The summed E-state index contributed by atoms with van der Waals surface area (Å²) in [5.41, 5.74) is 0. The van der Waals surface area contributed by atoms with Crippen LogP contribution in [-0.4, -0.2) is 21.4 Å². The first-order chi connectivity index (χ1) is 4.04. The van der Waals surface area contributed by atoms with Crippen molar-refractivity contribution in [1.82, 2.24) is 0 Å². The van der Waals surface area contributed by atoms with Crippen molar-refractivity contribution in [3.63, 3.8) is 0 Å². The zero-order valence-electron chi connectivity index (χ0n) is 4.97. The second-order valence-electron chi connectivity index (χ2n) is 1.41. The van der Waals surface area contributed by atoms with Crippen molar-refractivity contribution >= 4 is 35.5 Å². The van der Waals surface area contributed by atoms with Gasteiger partial charge in [-0.2, -0.15) is 0 Å². The average Bonchev–Trinajstić information content (AvgIpc) is 1.63. The molecule has 1 atom stereocenters. The van der Waals surface area contributed by atoms with E-state index in [0.717, 1.165) is 0 Å². The van der Waals surface area contributed by atoms with Crippen LogP contribution < -0.4 is 0 Å². The van der Waals surface area contributed by atoms with Crippen molar-refractivity contribution in [2.24, 2.45) is 0 Å². The summed E-state index contributed by atoms with van der Waals surface area (Å²) in [6.07, 6.45) is -1.73. The van der Waals surface area contributed by atoms with Crippen LogP contribution in [0.25, 0.3) is 0 Å². The number of rotatable bonds is 3. The third-order valence-electron chi connectivity index (χ3n) is 0.632. The second-order valence-corrected chi connectivity index (χ2v) is 2.27. The maximum atomic E-state index is 10.0. The Morgan fingerprint density at radius 3 is 1.73 bits per heavy atom. The van der Waals surface area contributed by atoms with Gasteiger partial charge in [-0.15, -0.1) is 0 Å². The molecular formula is C4H4Au2O3S2.